The molecular formula is C21H40OSi. The van der Waals surface area contributed by atoms with E-state index in [-0.39, 0.29) is 22.2 Å². The van der Waals surface area contributed by atoms with Gasteiger partial charge in [0, 0.05) is 13.5 Å². The second-order valence-electron chi connectivity index (χ2n) is 11.8. The molecular weight excluding hydrogens is 296 g/mol. The predicted octanol–water partition coefficient (Wildman–Crippen LogP) is 5.98. The third-order valence-corrected chi connectivity index (χ3v) is 8.47. The first-order valence-corrected chi connectivity index (χ1v) is 13.1. The van der Waals surface area contributed by atoms with Crippen LogP contribution in [0.3, 0.4) is 0 Å². The van der Waals surface area contributed by atoms with Gasteiger partial charge in [-0.05, 0) is 41.0 Å². The predicted molar refractivity (Wildman–Crippen MR) is 104 cm³/mol. The van der Waals surface area contributed by atoms with Crippen molar-refractivity contribution in [3.63, 3.8) is 0 Å². The van der Waals surface area contributed by atoms with E-state index in [0.717, 1.165) is 6.42 Å². The summed E-state index contributed by atoms with van der Waals surface area (Å²) in [5.41, 5.74) is 0.999. The van der Waals surface area contributed by atoms with Crippen LogP contribution in [0.5, 0.6) is 0 Å². The minimum absolute atomic E-state index is 0.0793. The van der Waals surface area contributed by atoms with Gasteiger partial charge >= 0.3 is 0 Å². The Hall–Kier alpha value is -0.0831. The van der Waals surface area contributed by atoms with Crippen LogP contribution >= 0.6 is 0 Å². The van der Waals surface area contributed by atoms with Crippen LogP contribution in [-0.2, 0) is 0 Å². The molecule has 134 valence electrons. The lowest BCUT2D eigenvalue weighted by Gasteiger charge is -2.77. The molecule has 0 heterocycles. The van der Waals surface area contributed by atoms with Gasteiger partial charge in [0.1, 0.15) is 0 Å². The maximum atomic E-state index is 12.1. The average Bonchev–Trinajstić information content (AvgIpc) is 2.26. The summed E-state index contributed by atoms with van der Waals surface area (Å²) >= 11 is 0. The van der Waals surface area contributed by atoms with Crippen LogP contribution in [0.1, 0.15) is 54.9 Å². The number of rotatable bonds is 3. The number of aliphatic hydroxyl groups is 1. The molecule has 4 atom stereocenters. The molecule has 23 heavy (non-hydrogen) atoms. The van der Waals surface area contributed by atoms with Crippen LogP contribution in [0.2, 0.25) is 25.7 Å². The van der Waals surface area contributed by atoms with E-state index in [4.69, 9.17) is 0 Å². The lowest BCUT2D eigenvalue weighted by Crippen LogP contribution is -2.76. The Labute approximate surface area is 146 Å². The van der Waals surface area contributed by atoms with E-state index >= 15 is 0 Å². The molecule has 0 unspecified atom stereocenters. The first-order chi connectivity index (χ1) is 10.0. The molecule has 0 spiro atoms. The van der Waals surface area contributed by atoms with Crippen molar-refractivity contribution in [2.75, 3.05) is 0 Å². The van der Waals surface area contributed by atoms with Crippen molar-refractivity contribution in [3.8, 4) is 0 Å². The highest BCUT2D eigenvalue weighted by Gasteiger charge is 2.76. The van der Waals surface area contributed by atoms with E-state index in [0.29, 0.717) is 11.8 Å². The first kappa shape index (κ1) is 19.2. The fourth-order valence-electron chi connectivity index (χ4n) is 6.47. The Balaban J connectivity index is 2.71. The molecule has 0 aliphatic heterocycles. The van der Waals surface area contributed by atoms with E-state index < -0.39 is 13.7 Å². The van der Waals surface area contributed by atoms with E-state index in [1.807, 2.05) is 0 Å². The maximum Gasteiger partial charge on any atom is 0.0769 e. The van der Waals surface area contributed by atoms with Gasteiger partial charge in [-0.1, -0.05) is 80.3 Å². The molecule has 1 N–H and O–H groups in total. The lowest BCUT2D eigenvalue weighted by molar-refractivity contribution is -0.266. The largest absolute Gasteiger partial charge is 0.389 e. The third kappa shape index (κ3) is 2.50. The average molecular weight is 337 g/mol. The van der Waals surface area contributed by atoms with Crippen LogP contribution in [0.25, 0.3) is 0 Å². The van der Waals surface area contributed by atoms with Gasteiger partial charge in [-0.25, -0.2) is 0 Å². The molecule has 3 saturated carbocycles. The zero-order valence-electron chi connectivity index (χ0n) is 17.3. The molecule has 0 amide bonds. The van der Waals surface area contributed by atoms with Crippen LogP contribution < -0.4 is 0 Å². The summed E-state index contributed by atoms with van der Waals surface area (Å²) in [5.74, 6) is 1.35. The second-order valence-corrected chi connectivity index (χ2v) is 17.3. The first-order valence-electron chi connectivity index (χ1n) is 9.42. The monoisotopic (exact) mass is 336 g/mol. The Morgan fingerprint density at radius 2 is 1.70 bits per heavy atom. The molecule has 0 aromatic carbocycles. The van der Waals surface area contributed by atoms with Crippen molar-refractivity contribution in [2.45, 2.75) is 86.2 Å². The number of hydrogen-bond acceptors (Lipinski definition) is 1. The third-order valence-electron chi connectivity index (χ3n) is 6.85. The summed E-state index contributed by atoms with van der Waals surface area (Å²) in [7, 11) is -1.34. The fraction of sp³-hybridized carbons (Fsp3) is 0.905. The Bertz CT molecular complexity index is 505. The number of fused-ring (bicyclic) bond motifs is 2. The summed E-state index contributed by atoms with van der Waals surface area (Å²) in [5, 5.41) is 12.1. The highest BCUT2D eigenvalue weighted by atomic mass is 28.3. The van der Waals surface area contributed by atoms with Crippen molar-refractivity contribution >= 4 is 8.07 Å². The molecule has 3 aliphatic carbocycles. The van der Waals surface area contributed by atoms with Crippen LogP contribution in [-0.4, -0.2) is 18.8 Å². The van der Waals surface area contributed by atoms with Crippen molar-refractivity contribution in [1.82, 2.24) is 0 Å². The van der Waals surface area contributed by atoms with Crippen molar-refractivity contribution in [3.05, 3.63) is 12.2 Å². The van der Waals surface area contributed by atoms with Crippen LogP contribution in [0.4, 0.5) is 0 Å². The number of hydrogen-bond donors (Lipinski definition) is 1. The quantitative estimate of drug-likeness (QED) is 0.497. The minimum atomic E-state index is -1.34. The van der Waals surface area contributed by atoms with Crippen molar-refractivity contribution < 1.29 is 5.11 Å². The molecule has 3 aliphatic rings. The van der Waals surface area contributed by atoms with Gasteiger partial charge < -0.3 is 5.11 Å². The van der Waals surface area contributed by atoms with Crippen molar-refractivity contribution in [1.29, 1.82) is 0 Å². The van der Waals surface area contributed by atoms with E-state index in [1.165, 1.54) is 11.6 Å². The van der Waals surface area contributed by atoms with Gasteiger partial charge in [0.25, 0.3) is 0 Å². The van der Waals surface area contributed by atoms with Gasteiger partial charge in [-0.15, -0.1) is 0 Å². The summed E-state index contributed by atoms with van der Waals surface area (Å²) in [6.45, 7) is 28.2. The summed E-state index contributed by atoms with van der Waals surface area (Å²) < 4.78 is 0. The highest BCUT2D eigenvalue weighted by Crippen LogP contribution is 2.79. The molecule has 0 saturated heterocycles. The van der Waals surface area contributed by atoms with E-state index in [1.54, 1.807) is 0 Å². The molecule has 2 bridgehead atoms. The maximum absolute atomic E-state index is 12.1. The zero-order valence-corrected chi connectivity index (χ0v) is 18.3. The summed E-state index contributed by atoms with van der Waals surface area (Å²) in [4.78, 5) is 0. The second kappa shape index (κ2) is 4.97. The van der Waals surface area contributed by atoms with Crippen LogP contribution in [0.15, 0.2) is 12.2 Å². The Kier molecular flexibility index (Phi) is 4.16. The van der Waals surface area contributed by atoms with E-state index in [2.05, 4.69) is 74.7 Å². The van der Waals surface area contributed by atoms with Crippen molar-refractivity contribution in [2.24, 2.45) is 34.0 Å². The van der Waals surface area contributed by atoms with Gasteiger partial charge in [-0.2, -0.15) is 0 Å². The normalized spacial score (nSPS) is 40.3. The standard InChI is InChI=1S/C21H40OSi/c1-14(2)21(22)12-19(7,8)16-15(3)20(21,13-23(9,10)11)17(16)18(4,5)6/h14,16-17,22H,3,12-13H2,1-2,4-11H3/t16-,17-,20+,21+/m0/s1. The molecule has 1 nitrogen and oxygen atoms in total. The summed E-state index contributed by atoms with van der Waals surface area (Å²) in [6.07, 6.45) is 0.915. The molecule has 2 heteroatoms. The van der Waals surface area contributed by atoms with Gasteiger partial charge in [0.2, 0.25) is 0 Å². The topological polar surface area (TPSA) is 20.2 Å². The Morgan fingerprint density at radius 3 is 2.04 bits per heavy atom. The highest BCUT2D eigenvalue weighted by molar-refractivity contribution is 6.76. The SMILES string of the molecule is C=C1[C@H]2[C@@H](C(C)(C)C)[C@]1(C[Si](C)(C)C)[C@](O)(C(C)C)CC2(C)C. The van der Waals surface area contributed by atoms with Gasteiger partial charge in [-0.3, -0.25) is 0 Å². The van der Waals surface area contributed by atoms with Crippen LogP contribution in [0, 0.1) is 34.0 Å². The Morgan fingerprint density at radius 1 is 1.22 bits per heavy atom. The lowest BCUT2D eigenvalue weighted by atomic mass is 9.29. The molecule has 3 fully saturated rings. The molecule has 0 radical (unpaired) electrons. The van der Waals surface area contributed by atoms with Gasteiger partial charge in [0.05, 0.1) is 5.60 Å². The molecule has 0 aromatic rings. The zero-order chi connectivity index (χ0) is 18.2. The smallest absolute Gasteiger partial charge is 0.0769 e. The van der Waals surface area contributed by atoms with Gasteiger partial charge in [0.15, 0.2) is 0 Å². The molecule has 3 rings (SSSR count). The molecule has 0 aromatic heterocycles. The van der Waals surface area contributed by atoms with E-state index in [9.17, 15) is 5.11 Å². The minimum Gasteiger partial charge on any atom is -0.389 e. The fourth-order valence-corrected chi connectivity index (χ4v) is 8.90. The summed E-state index contributed by atoms with van der Waals surface area (Å²) in [6, 6.07) is 1.17.